The average Bonchev–Trinajstić information content (AvgIpc) is 2.98. The summed E-state index contributed by atoms with van der Waals surface area (Å²) in [7, 11) is 0. The molecule has 1 amide bonds. The first-order valence-corrected chi connectivity index (χ1v) is 7.78. The van der Waals surface area contributed by atoms with Crippen molar-refractivity contribution in [1.29, 1.82) is 0 Å². The van der Waals surface area contributed by atoms with Gasteiger partial charge in [-0.1, -0.05) is 0 Å². The first-order valence-electron chi connectivity index (χ1n) is 6.70. The van der Waals surface area contributed by atoms with E-state index in [2.05, 4.69) is 33.2 Å². The molecule has 1 aliphatic rings. The highest BCUT2D eigenvalue weighted by atomic mass is 127. The predicted octanol–water partition coefficient (Wildman–Crippen LogP) is 0.757. The molecule has 1 saturated heterocycles. The molecule has 0 aliphatic carbocycles. The highest BCUT2D eigenvalue weighted by Crippen LogP contribution is 2.13. The fourth-order valence-electron chi connectivity index (χ4n) is 2.02. The van der Waals surface area contributed by atoms with Crippen LogP contribution in [0.4, 0.5) is 0 Å². The molecule has 5 nitrogen and oxygen atoms in total. The van der Waals surface area contributed by atoms with Crippen LogP contribution >= 0.6 is 22.6 Å². The van der Waals surface area contributed by atoms with E-state index in [1.807, 2.05) is 24.3 Å². The molecule has 1 fully saturated rings. The lowest BCUT2D eigenvalue weighted by Crippen LogP contribution is -2.39. The van der Waals surface area contributed by atoms with Crippen LogP contribution < -0.4 is 15.4 Å². The third kappa shape index (κ3) is 4.92. The van der Waals surface area contributed by atoms with Gasteiger partial charge in [0.1, 0.15) is 18.5 Å². The lowest BCUT2D eigenvalue weighted by atomic mass is 10.1. The number of amides is 1. The van der Waals surface area contributed by atoms with E-state index >= 15 is 0 Å². The van der Waals surface area contributed by atoms with Gasteiger partial charge in [-0.2, -0.15) is 0 Å². The topological polar surface area (TPSA) is 70.6 Å². The van der Waals surface area contributed by atoms with Gasteiger partial charge in [-0.05, 0) is 59.8 Å². The zero-order valence-corrected chi connectivity index (χ0v) is 13.3. The largest absolute Gasteiger partial charge is 0.491 e. The molecule has 2 rings (SSSR count). The van der Waals surface area contributed by atoms with Gasteiger partial charge in [0.05, 0.1) is 5.92 Å². The number of aliphatic hydroxyl groups excluding tert-OH is 1. The Morgan fingerprint density at radius 3 is 2.90 bits per heavy atom. The molecule has 3 N–H and O–H groups in total. The number of rotatable bonds is 6. The van der Waals surface area contributed by atoms with Gasteiger partial charge in [0, 0.05) is 16.7 Å². The summed E-state index contributed by atoms with van der Waals surface area (Å²) >= 11 is 2.22. The van der Waals surface area contributed by atoms with Crippen molar-refractivity contribution in [3.63, 3.8) is 0 Å². The fraction of sp³-hybridized carbons (Fsp3) is 0.500. The third-order valence-electron chi connectivity index (χ3n) is 3.20. The second-order valence-electron chi connectivity index (χ2n) is 4.85. The maximum absolute atomic E-state index is 11.8. The summed E-state index contributed by atoms with van der Waals surface area (Å²) in [6.45, 7) is 2.00. The molecule has 0 bridgehead atoms. The molecular formula is C14H19IN2O3. The van der Waals surface area contributed by atoms with E-state index in [4.69, 9.17) is 4.74 Å². The molecule has 110 valence electrons. The molecule has 2 unspecified atom stereocenters. The molecule has 1 aromatic rings. The van der Waals surface area contributed by atoms with Crippen LogP contribution in [0.2, 0.25) is 0 Å². The molecule has 1 heterocycles. The highest BCUT2D eigenvalue weighted by Gasteiger charge is 2.22. The first-order chi connectivity index (χ1) is 9.65. The molecule has 0 aromatic heterocycles. The SMILES string of the molecule is O=C(NCC(O)COc1ccc(I)cc1)C1CCNC1. The molecule has 0 radical (unpaired) electrons. The van der Waals surface area contributed by atoms with Crippen molar-refractivity contribution >= 4 is 28.5 Å². The van der Waals surface area contributed by atoms with Crippen molar-refractivity contribution in [2.24, 2.45) is 5.92 Å². The Labute approximate surface area is 132 Å². The molecule has 1 aromatic carbocycles. The Kier molecular flexibility index (Phi) is 6.06. The van der Waals surface area contributed by atoms with Crippen molar-refractivity contribution in [2.75, 3.05) is 26.2 Å². The van der Waals surface area contributed by atoms with Gasteiger partial charge >= 0.3 is 0 Å². The van der Waals surface area contributed by atoms with Gasteiger partial charge in [-0.25, -0.2) is 0 Å². The molecule has 0 spiro atoms. The lowest BCUT2D eigenvalue weighted by Gasteiger charge is -2.15. The normalized spacial score (nSPS) is 19.6. The van der Waals surface area contributed by atoms with Gasteiger partial charge in [-0.3, -0.25) is 4.79 Å². The highest BCUT2D eigenvalue weighted by molar-refractivity contribution is 14.1. The van der Waals surface area contributed by atoms with Crippen LogP contribution in [0, 0.1) is 9.49 Å². The van der Waals surface area contributed by atoms with Crippen molar-refractivity contribution in [1.82, 2.24) is 10.6 Å². The van der Waals surface area contributed by atoms with E-state index in [9.17, 15) is 9.90 Å². The summed E-state index contributed by atoms with van der Waals surface area (Å²) in [5, 5.41) is 15.7. The number of nitrogens with one attached hydrogen (secondary N) is 2. The van der Waals surface area contributed by atoms with Crippen molar-refractivity contribution < 1.29 is 14.6 Å². The van der Waals surface area contributed by atoms with Crippen LogP contribution in [-0.2, 0) is 4.79 Å². The maximum atomic E-state index is 11.8. The minimum Gasteiger partial charge on any atom is -0.491 e. The van der Waals surface area contributed by atoms with Crippen LogP contribution in [0.1, 0.15) is 6.42 Å². The zero-order valence-electron chi connectivity index (χ0n) is 11.1. The zero-order chi connectivity index (χ0) is 14.4. The number of carbonyl (C=O) groups is 1. The fourth-order valence-corrected chi connectivity index (χ4v) is 2.38. The third-order valence-corrected chi connectivity index (χ3v) is 3.92. The molecule has 6 heteroatoms. The Morgan fingerprint density at radius 1 is 1.50 bits per heavy atom. The molecule has 0 saturated carbocycles. The van der Waals surface area contributed by atoms with Crippen molar-refractivity contribution in [3.05, 3.63) is 27.8 Å². The maximum Gasteiger partial charge on any atom is 0.224 e. The molecule has 2 atom stereocenters. The van der Waals surface area contributed by atoms with Gasteiger partial charge in [0.25, 0.3) is 0 Å². The molecular weight excluding hydrogens is 371 g/mol. The van der Waals surface area contributed by atoms with Crippen molar-refractivity contribution in [2.45, 2.75) is 12.5 Å². The summed E-state index contributed by atoms with van der Waals surface area (Å²) in [5.74, 6) is 0.749. The Balaban J connectivity index is 1.66. The van der Waals surface area contributed by atoms with Gasteiger partial charge in [0.2, 0.25) is 5.91 Å². The molecule has 20 heavy (non-hydrogen) atoms. The minimum atomic E-state index is -0.701. The second kappa shape index (κ2) is 7.80. The second-order valence-corrected chi connectivity index (χ2v) is 6.10. The minimum absolute atomic E-state index is 0.00307. The Bertz CT molecular complexity index is 433. The summed E-state index contributed by atoms with van der Waals surface area (Å²) < 4.78 is 6.60. The van der Waals surface area contributed by atoms with Crippen LogP contribution in [0.3, 0.4) is 0 Å². The van der Waals surface area contributed by atoms with Crippen LogP contribution in [0.15, 0.2) is 24.3 Å². The van der Waals surface area contributed by atoms with E-state index in [-0.39, 0.29) is 25.0 Å². The van der Waals surface area contributed by atoms with Gasteiger partial charge < -0.3 is 20.5 Å². The van der Waals surface area contributed by atoms with E-state index in [1.165, 1.54) is 0 Å². The standard InChI is InChI=1S/C14H19IN2O3/c15-11-1-3-13(4-2-11)20-9-12(18)8-17-14(19)10-5-6-16-7-10/h1-4,10,12,16,18H,5-9H2,(H,17,19). The molecule has 1 aliphatic heterocycles. The first kappa shape index (κ1) is 15.5. The van der Waals surface area contributed by atoms with Crippen LogP contribution in [0.25, 0.3) is 0 Å². The van der Waals surface area contributed by atoms with Gasteiger partial charge in [0.15, 0.2) is 0 Å². The number of halogens is 1. The quantitative estimate of drug-likeness (QED) is 0.628. The Hall–Kier alpha value is -0.860. The van der Waals surface area contributed by atoms with E-state index in [1.54, 1.807) is 0 Å². The number of hydrogen-bond donors (Lipinski definition) is 3. The van der Waals surface area contributed by atoms with E-state index < -0.39 is 6.10 Å². The monoisotopic (exact) mass is 390 g/mol. The van der Waals surface area contributed by atoms with Crippen LogP contribution in [0.5, 0.6) is 5.75 Å². The summed E-state index contributed by atoms with van der Waals surface area (Å²) in [6, 6.07) is 7.60. The van der Waals surface area contributed by atoms with Crippen molar-refractivity contribution in [3.8, 4) is 5.75 Å². The lowest BCUT2D eigenvalue weighted by molar-refractivity contribution is -0.124. The van der Waals surface area contributed by atoms with Crippen LogP contribution in [-0.4, -0.2) is 43.4 Å². The number of carbonyl (C=O) groups excluding carboxylic acids is 1. The predicted molar refractivity (Wildman–Crippen MR) is 84.6 cm³/mol. The van der Waals surface area contributed by atoms with E-state index in [0.29, 0.717) is 0 Å². The summed E-state index contributed by atoms with van der Waals surface area (Å²) in [5.41, 5.74) is 0. The smallest absolute Gasteiger partial charge is 0.224 e. The van der Waals surface area contributed by atoms with Gasteiger partial charge in [-0.15, -0.1) is 0 Å². The van der Waals surface area contributed by atoms with E-state index in [0.717, 1.165) is 28.8 Å². The Morgan fingerprint density at radius 2 is 2.25 bits per heavy atom. The number of benzene rings is 1. The number of aliphatic hydroxyl groups is 1. The summed E-state index contributed by atoms with van der Waals surface area (Å²) in [6.07, 6.45) is 0.161. The number of hydrogen-bond acceptors (Lipinski definition) is 4. The average molecular weight is 390 g/mol. The summed E-state index contributed by atoms with van der Waals surface area (Å²) in [4.78, 5) is 11.8. The number of ether oxygens (including phenoxy) is 1.